The molecule has 34 heavy (non-hydrogen) atoms. The first-order chi connectivity index (χ1) is 16.0. The van der Waals surface area contributed by atoms with Gasteiger partial charge in [0.05, 0.1) is 0 Å². The Balaban J connectivity index is 0.000000261. The summed E-state index contributed by atoms with van der Waals surface area (Å²) in [6.07, 6.45) is 0. The van der Waals surface area contributed by atoms with E-state index in [4.69, 9.17) is 17.0 Å². The van der Waals surface area contributed by atoms with Crippen LogP contribution in [0.1, 0.15) is 66.5 Å². The van der Waals surface area contributed by atoms with Crippen LogP contribution in [0.25, 0.3) is 21.5 Å². The van der Waals surface area contributed by atoms with Gasteiger partial charge in [0, 0.05) is 9.52 Å². The van der Waals surface area contributed by atoms with E-state index in [1.54, 1.807) is 0 Å². The first-order valence-corrected chi connectivity index (χ1v) is 19.7. The maximum atomic E-state index is 4.93. The molecule has 0 amide bonds. The summed E-state index contributed by atoms with van der Waals surface area (Å²) < 4.78 is 0. The summed E-state index contributed by atoms with van der Waals surface area (Å²) in [4.78, 5) is 0. The van der Waals surface area contributed by atoms with Crippen molar-refractivity contribution in [2.45, 2.75) is 78.3 Å². The van der Waals surface area contributed by atoms with Crippen LogP contribution < -0.4 is 0 Å². The summed E-state index contributed by atoms with van der Waals surface area (Å²) in [5.41, 5.74) is 3.38. The molecule has 4 aromatic carbocycles. The summed E-state index contributed by atoms with van der Waals surface area (Å²) in [7, 11) is 11.1. The van der Waals surface area contributed by atoms with Crippen LogP contribution in [0.4, 0.5) is 0 Å². The van der Waals surface area contributed by atoms with Crippen LogP contribution in [0.15, 0.2) is 72.8 Å². The van der Waals surface area contributed by atoms with Gasteiger partial charge in [-0.15, -0.1) is 81.2 Å². The molecule has 0 aliphatic rings. The van der Waals surface area contributed by atoms with Gasteiger partial charge in [-0.1, -0.05) is 79.6 Å². The van der Waals surface area contributed by atoms with Gasteiger partial charge in [-0.2, -0.15) is 12.1 Å². The summed E-state index contributed by atoms with van der Waals surface area (Å²) in [6.45, 7) is 18.0. The molecule has 0 fully saturated rings. The molecule has 0 saturated carbocycles. The van der Waals surface area contributed by atoms with Gasteiger partial charge in [-0.25, -0.2) is 0 Å². The molecule has 4 heteroatoms. The van der Waals surface area contributed by atoms with Crippen LogP contribution >= 0.6 is 17.0 Å². The van der Waals surface area contributed by atoms with Crippen molar-refractivity contribution in [2.75, 3.05) is 0 Å². The van der Waals surface area contributed by atoms with Crippen molar-refractivity contribution in [3.63, 3.8) is 0 Å². The summed E-state index contributed by atoms with van der Waals surface area (Å²) >= 11 is -0.826. The minimum absolute atomic E-state index is 0.263. The Morgan fingerprint density at radius 3 is 1.24 bits per heavy atom. The van der Waals surface area contributed by atoms with E-state index in [0.29, 0.717) is 0 Å². The quantitative estimate of drug-likeness (QED) is 0.161. The molecule has 0 spiro atoms. The van der Waals surface area contributed by atoms with E-state index < -0.39 is 20.8 Å². The van der Waals surface area contributed by atoms with E-state index in [1.165, 1.54) is 54.3 Å². The van der Waals surface area contributed by atoms with Crippen LogP contribution in [-0.4, -0.2) is 9.52 Å². The van der Waals surface area contributed by atoms with Crippen molar-refractivity contribution in [1.29, 1.82) is 0 Å². The van der Waals surface area contributed by atoms with Gasteiger partial charge in [0.15, 0.2) is 0 Å². The number of hydrogen-bond donors (Lipinski definition) is 0. The average Bonchev–Trinajstić information content (AvgIpc) is 3.40. The Morgan fingerprint density at radius 1 is 0.676 bits per heavy atom. The third kappa shape index (κ3) is 10.9. The van der Waals surface area contributed by atoms with Crippen molar-refractivity contribution >= 4 is 48.1 Å². The van der Waals surface area contributed by atoms with Crippen LogP contribution in [0.2, 0.25) is 12.1 Å². The van der Waals surface area contributed by atoms with Gasteiger partial charge in [0.25, 0.3) is 0 Å². The van der Waals surface area contributed by atoms with E-state index in [-0.39, 0.29) is 10.8 Å². The van der Waals surface area contributed by atoms with Crippen molar-refractivity contribution in [2.24, 2.45) is 0 Å². The Morgan fingerprint density at radius 2 is 1.00 bits per heavy atom. The molecular formula is C30H40Cl2SiZr. The van der Waals surface area contributed by atoms with E-state index in [2.05, 4.69) is 128 Å². The molecule has 0 bridgehead atoms. The molecule has 0 unspecified atom stereocenters. The molecule has 2 radical (unpaired) electrons. The topological polar surface area (TPSA) is 0 Å². The Bertz CT molecular complexity index is 928. The third-order valence-electron chi connectivity index (χ3n) is 5.47. The van der Waals surface area contributed by atoms with Gasteiger partial charge in [-0.05, 0) is 10.8 Å². The number of rotatable bonds is 2. The van der Waals surface area contributed by atoms with Crippen molar-refractivity contribution in [3.05, 3.63) is 83.9 Å². The number of benzene rings is 2. The minimum atomic E-state index is -0.826. The monoisotopic (exact) mass is 588 g/mol. The van der Waals surface area contributed by atoms with Crippen molar-refractivity contribution < 1.29 is 20.8 Å². The Labute approximate surface area is 229 Å². The SMILES string of the molecule is CC(C)(C)c1cc2ccccc2[cH-]1.CC(C)(C)c1cc2ccccc2[cH-]1.CC[Si]CC.[Cl][Zr+2][Cl]. The molecule has 0 aliphatic carbocycles. The first kappa shape index (κ1) is 31.4. The second kappa shape index (κ2) is 15.5. The summed E-state index contributed by atoms with van der Waals surface area (Å²) in [5, 5.41) is 5.42. The Hall–Kier alpha value is -0.660. The molecule has 182 valence electrons. The Kier molecular flexibility index (Phi) is 14.3. The number of halogens is 2. The van der Waals surface area contributed by atoms with Gasteiger partial charge < -0.3 is 0 Å². The average molecular weight is 591 g/mol. The normalized spacial score (nSPS) is 10.9. The second-order valence-electron chi connectivity index (χ2n) is 10.3. The van der Waals surface area contributed by atoms with E-state index >= 15 is 0 Å². The fourth-order valence-corrected chi connectivity index (χ4v) is 3.92. The zero-order valence-corrected chi connectivity index (χ0v) is 27.1. The predicted octanol–water partition coefficient (Wildman–Crippen LogP) is 10.7. The van der Waals surface area contributed by atoms with E-state index in [0.717, 1.165) is 0 Å². The molecule has 0 aliphatic heterocycles. The molecule has 0 aromatic heterocycles. The maximum absolute atomic E-state index is 4.93. The molecule has 0 atom stereocenters. The molecule has 4 aromatic rings. The zero-order valence-electron chi connectivity index (χ0n) is 22.1. The standard InChI is InChI=1S/2C13H15.C4H10Si.2ClH.Zr/c2*1-13(2,3)12-8-10-6-4-5-7-11(10)9-12;1-3-5-4-2;;;/h2*4-9H,1-3H3;3-4H2,1-2H3;2*1H;/q2*-1;;;;+4/p-2. The number of hydrogen-bond acceptors (Lipinski definition) is 0. The molecule has 4 rings (SSSR count). The van der Waals surface area contributed by atoms with E-state index in [1.807, 2.05) is 0 Å². The van der Waals surface area contributed by atoms with Crippen molar-refractivity contribution in [3.8, 4) is 0 Å². The van der Waals surface area contributed by atoms with Crippen LogP contribution in [0.5, 0.6) is 0 Å². The first-order valence-electron chi connectivity index (χ1n) is 12.0. The van der Waals surface area contributed by atoms with Crippen LogP contribution in [-0.2, 0) is 31.7 Å². The zero-order chi connectivity index (χ0) is 25.8. The molecule has 0 heterocycles. The van der Waals surface area contributed by atoms with Gasteiger partial charge >= 0.3 is 37.9 Å². The molecular weight excluding hydrogens is 551 g/mol. The van der Waals surface area contributed by atoms with Gasteiger partial charge in [-0.3, -0.25) is 0 Å². The predicted molar refractivity (Wildman–Crippen MR) is 155 cm³/mol. The second-order valence-corrected chi connectivity index (χ2v) is 15.9. The molecule has 0 nitrogen and oxygen atoms in total. The summed E-state index contributed by atoms with van der Waals surface area (Å²) in [5.74, 6) is 0. The summed E-state index contributed by atoms with van der Waals surface area (Å²) in [6, 6.07) is 28.9. The van der Waals surface area contributed by atoms with Crippen LogP contribution in [0, 0.1) is 0 Å². The van der Waals surface area contributed by atoms with Crippen LogP contribution in [0.3, 0.4) is 0 Å². The third-order valence-corrected chi connectivity index (χ3v) is 6.47. The van der Waals surface area contributed by atoms with E-state index in [9.17, 15) is 0 Å². The van der Waals surface area contributed by atoms with Crippen molar-refractivity contribution in [1.82, 2.24) is 0 Å². The fourth-order valence-electron chi connectivity index (χ4n) is 3.42. The number of fused-ring (bicyclic) bond motifs is 2. The molecule has 0 N–H and O–H groups in total. The molecule has 0 saturated heterocycles. The van der Waals surface area contributed by atoms with Gasteiger partial charge in [0.1, 0.15) is 0 Å². The van der Waals surface area contributed by atoms with Gasteiger partial charge in [0.2, 0.25) is 0 Å². The fraction of sp³-hybridized carbons (Fsp3) is 0.400.